The van der Waals surface area contributed by atoms with Crippen LogP contribution in [0.5, 0.6) is 11.5 Å². The quantitative estimate of drug-likeness (QED) is 0.696. The first kappa shape index (κ1) is 17.5. The molecule has 2 amide bonds. The summed E-state index contributed by atoms with van der Waals surface area (Å²) in [6, 6.07) is 12.2. The van der Waals surface area contributed by atoms with Crippen LogP contribution in [0.25, 0.3) is 0 Å². The van der Waals surface area contributed by atoms with E-state index in [9.17, 15) is 9.59 Å². The number of carbonyl (C=O) groups excluding carboxylic acids is 2. The zero-order valence-electron chi connectivity index (χ0n) is 14.5. The van der Waals surface area contributed by atoms with Crippen LogP contribution in [0, 0.1) is 5.92 Å². The molecule has 2 aliphatic heterocycles. The number of rotatable bonds is 4. The minimum atomic E-state index is -0.959. The third kappa shape index (κ3) is 2.76. The highest BCUT2D eigenvalue weighted by atomic mass is 79.9. The van der Waals surface area contributed by atoms with Crippen molar-refractivity contribution < 1.29 is 23.9 Å². The van der Waals surface area contributed by atoms with Crippen LogP contribution in [0.15, 0.2) is 52.1 Å². The Balaban J connectivity index is 1.70. The summed E-state index contributed by atoms with van der Waals surface area (Å²) in [6.07, 6.45) is -0.959. The van der Waals surface area contributed by atoms with Crippen molar-refractivity contribution in [2.45, 2.75) is 6.10 Å². The number of halogens is 1. The van der Waals surface area contributed by atoms with Crippen LogP contribution in [0.4, 0.5) is 5.69 Å². The zero-order valence-corrected chi connectivity index (χ0v) is 16.1. The largest absolute Gasteiger partial charge is 0.493 e. The number of hydrogen-bond donors (Lipinski definition) is 0. The van der Waals surface area contributed by atoms with Gasteiger partial charge in [-0.2, -0.15) is 0 Å². The van der Waals surface area contributed by atoms with E-state index >= 15 is 0 Å². The molecule has 2 aliphatic rings. The number of anilines is 1. The van der Waals surface area contributed by atoms with Crippen LogP contribution >= 0.6 is 15.9 Å². The van der Waals surface area contributed by atoms with Gasteiger partial charge in [-0.25, -0.2) is 4.90 Å². The first-order chi connectivity index (χ1) is 13.0. The van der Waals surface area contributed by atoms with Crippen molar-refractivity contribution in [2.24, 2.45) is 11.1 Å². The van der Waals surface area contributed by atoms with Gasteiger partial charge in [0, 0.05) is 10.0 Å². The number of fused-ring (bicyclic) bond motifs is 1. The van der Waals surface area contributed by atoms with Crippen molar-refractivity contribution in [3.63, 3.8) is 0 Å². The van der Waals surface area contributed by atoms with Crippen LogP contribution in [-0.4, -0.2) is 37.8 Å². The second-order valence-corrected chi connectivity index (χ2v) is 6.96. The summed E-state index contributed by atoms with van der Waals surface area (Å²) in [4.78, 5) is 32.3. The molecule has 2 aromatic rings. The fraction of sp³-hybridized carbons (Fsp3) is 0.211. The number of oxime groups is 1. The molecule has 0 unspecified atom stereocenters. The second kappa shape index (κ2) is 6.70. The van der Waals surface area contributed by atoms with E-state index in [0.29, 0.717) is 28.5 Å². The average molecular weight is 431 g/mol. The van der Waals surface area contributed by atoms with Crippen LogP contribution in [0.3, 0.4) is 0 Å². The Morgan fingerprint density at radius 1 is 1.04 bits per heavy atom. The van der Waals surface area contributed by atoms with Gasteiger partial charge in [0.05, 0.1) is 19.9 Å². The van der Waals surface area contributed by atoms with Gasteiger partial charge in [-0.05, 0) is 36.4 Å². The van der Waals surface area contributed by atoms with Gasteiger partial charge >= 0.3 is 0 Å². The Labute approximate surface area is 163 Å². The lowest BCUT2D eigenvalue weighted by molar-refractivity contribution is -0.126. The number of hydrogen-bond acceptors (Lipinski definition) is 6. The predicted octanol–water partition coefficient (Wildman–Crippen LogP) is 2.76. The fourth-order valence-corrected chi connectivity index (χ4v) is 3.67. The van der Waals surface area contributed by atoms with Gasteiger partial charge in [-0.3, -0.25) is 9.59 Å². The third-order valence-corrected chi connectivity index (χ3v) is 5.05. The molecule has 27 heavy (non-hydrogen) atoms. The molecule has 0 bridgehead atoms. The van der Waals surface area contributed by atoms with Gasteiger partial charge in [-0.15, -0.1) is 0 Å². The normalized spacial score (nSPS) is 21.0. The van der Waals surface area contributed by atoms with Crippen LogP contribution in [-0.2, 0) is 14.4 Å². The third-order valence-electron chi connectivity index (χ3n) is 4.56. The van der Waals surface area contributed by atoms with E-state index in [0.717, 1.165) is 9.37 Å². The van der Waals surface area contributed by atoms with Crippen molar-refractivity contribution in [3.05, 3.63) is 52.5 Å². The van der Waals surface area contributed by atoms with E-state index in [2.05, 4.69) is 21.1 Å². The second-order valence-electron chi connectivity index (χ2n) is 6.04. The topological polar surface area (TPSA) is 77.4 Å². The Hall–Kier alpha value is -2.87. The number of amides is 2. The van der Waals surface area contributed by atoms with Crippen molar-refractivity contribution in [1.29, 1.82) is 0 Å². The smallest absolute Gasteiger partial charge is 0.278 e. The van der Waals surface area contributed by atoms with Crippen LogP contribution in [0.2, 0.25) is 0 Å². The standard InChI is InChI=1S/C19H15BrN2O5/c1-25-13-7-6-10(8-14(13)26-2)16-15-17(27-21-16)19(24)22(18(15)23)12-5-3-4-11(20)9-12/h3-9,15,17H,1-2H3/t15-,17+/m1/s1. The highest BCUT2D eigenvalue weighted by molar-refractivity contribution is 9.10. The molecule has 8 heteroatoms. The molecule has 138 valence electrons. The minimum Gasteiger partial charge on any atom is -0.493 e. The van der Waals surface area contributed by atoms with E-state index < -0.39 is 17.9 Å². The zero-order chi connectivity index (χ0) is 19.1. The monoisotopic (exact) mass is 430 g/mol. The molecule has 1 saturated heterocycles. The predicted molar refractivity (Wildman–Crippen MR) is 101 cm³/mol. The Morgan fingerprint density at radius 2 is 1.81 bits per heavy atom. The summed E-state index contributed by atoms with van der Waals surface area (Å²) < 4.78 is 11.3. The molecule has 2 heterocycles. The summed E-state index contributed by atoms with van der Waals surface area (Å²) in [5.41, 5.74) is 1.53. The molecule has 0 saturated carbocycles. The number of imide groups is 1. The molecule has 2 atom stereocenters. The van der Waals surface area contributed by atoms with E-state index in [-0.39, 0.29) is 5.91 Å². The van der Waals surface area contributed by atoms with Crippen molar-refractivity contribution in [2.75, 3.05) is 19.1 Å². The lowest BCUT2D eigenvalue weighted by Crippen LogP contribution is -2.33. The van der Waals surface area contributed by atoms with Crippen molar-refractivity contribution in [1.82, 2.24) is 0 Å². The molecule has 0 N–H and O–H groups in total. The van der Waals surface area contributed by atoms with E-state index in [1.807, 2.05) is 6.07 Å². The molecule has 7 nitrogen and oxygen atoms in total. The number of methoxy groups -OCH3 is 2. The molecule has 0 aromatic heterocycles. The summed E-state index contributed by atoms with van der Waals surface area (Å²) in [5.74, 6) is -0.533. The maximum absolute atomic E-state index is 13.0. The highest BCUT2D eigenvalue weighted by Gasteiger charge is 2.56. The molecule has 0 aliphatic carbocycles. The maximum atomic E-state index is 13.0. The van der Waals surface area contributed by atoms with Crippen LogP contribution in [0.1, 0.15) is 5.56 Å². The molecule has 4 rings (SSSR count). The molecule has 1 fully saturated rings. The minimum absolute atomic E-state index is 0.367. The van der Waals surface area contributed by atoms with Gasteiger partial charge in [0.2, 0.25) is 12.0 Å². The summed E-state index contributed by atoms with van der Waals surface area (Å²) in [5, 5.41) is 4.01. The van der Waals surface area contributed by atoms with Crippen molar-refractivity contribution >= 4 is 39.1 Å². The number of nitrogens with zero attached hydrogens (tertiary/aromatic N) is 2. The number of carbonyl (C=O) groups is 2. The molecule has 0 spiro atoms. The average Bonchev–Trinajstić information content (AvgIpc) is 3.21. The summed E-state index contributed by atoms with van der Waals surface area (Å²) >= 11 is 3.36. The van der Waals surface area contributed by atoms with Gasteiger partial charge < -0.3 is 14.3 Å². The molecular formula is C19H15BrN2O5. The maximum Gasteiger partial charge on any atom is 0.278 e. The van der Waals surface area contributed by atoms with Gasteiger partial charge in [0.1, 0.15) is 11.6 Å². The first-order valence-electron chi connectivity index (χ1n) is 8.14. The Kier molecular flexibility index (Phi) is 4.35. The Bertz CT molecular complexity index is 974. The summed E-state index contributed by atoms with van der Waals surface area (Å²) in [7, 11) is 3.06. The van der Waals surface area contributed by atoms with Crippen molar-refractivity contribution in [3.8, 4) is 11.5 Å². The van der Waals surface area contributed by atoms with Crippen LogP contribution < -0.4 is 14.4 Å². The molecule has 2 aromatic carbocycles. The lowest BCUT2D eigenvalue weighted by Gasteiger charge is -2.16. The van der Waals surface area contributed by atoms with E-state index in [4.69, 9.17) is 14.3 Å². The van der Waals surface area contributed by atoms with Gasteiger partial charge in [-0.1, -0.05) is 27.2 Å². The first-order valence-corrected chi connectivity index (χ1v) is 8.94. The number of ether oxygens (including phenoxy) is 2. The lowest BCUT2D eigenvalue weighted by atomic mass is 9.94. The molecular weight excluding hydrogens is 416 g/mol. The van der Waals surface area contributed by atoms with E-state index in [1.54, 1.807) is 43.5 Å². The highest BCUT2D eigenvalue weighted by Crippen LogP contribution is 2.37. The Morgan fingerprint density at radius 3 is 2.52 bits per heavy atom. The fourth-order valence-electron chi connectivity index (χ4n) is 3.28. The van der Waals surface area contributed by atoms with Gasteiger partial charge in [0.15, 0.2) is 11.5 Å². The number of benzene rings is 2. The SMILES string of the molecule is COc1ccc(C2=NO[C@@H]3C(=O)N(c4cccc(Br)c4)C(=O)[C@H]23)cc1OC. The summed E-state index contributed by atoms with van der Waals surface area (Å²) in [6.45, 7) is 0. The van der Waals surface area contributed by atoms with Gasteiger partial charge in [0.25, 0.3) is 5.91 Å². The van der Waals surface area contributed by atoms with E-state index in [1.165, 1.54) is 7.11 Å². The molecule has 0 radical (unpaired) electrons.